The number of aliphatic hydroxyl groups is 1. The molecular weight excluding hydrogens is 262 g/mol. The number of aryl methyl sites for hydroxylation is 1. The van der Waals surface area contributed by atoms with E-state index in [1.54, 1.807) is 25.3 Å². The molecule has 2 aromatic rings. The minimum absolute atomic E-state index is 0.00901. The Morgan fingerprint density at radius 1 is 1.14 bits per heavy atom. The van der Waals surface area contributed by atoms with Gasteiger partial charge in [0.2, 0.25) is 5.88 Å². The van der Waals surface area contributed by atoms with E-state index in [-0.39, 0.29) is 5.41 Å². The summed E-state index contributed by atoms with van der Waals surface area (Å²) < 4.78 is 5.99. The van der Waals surface area contributed by atoms with Crippen LogP contribution in [0.25, 0.3) is 0 Å². The highest BCUT2D eigenvalue weighted by Crippen LogP contribution is 2.34. The molecule has 0 fully saturated rings. The molecule has 3 heteroatoms. The first-order valence-corrected chi connectivity index (χ1v) is 7.20. The predicted molar refractivity (Wildman–Crippen MR) is 84.8 cm³/mol. The highest BCUT2D eigenvalue weighted by molar-refractivity contribution is 5.43. The summed E-state index contributed by atoms with van der Waals surface area (Å²) in [4.78, 5) is 4.24. The summed E-state index contributed by atoms with van der Waals surface area (Å²) in [6, 6.07) is 9.78. The van der Waals surface area contributed by atoms with Gasteiger partial charge in [-0.05, 0) is 42.5 Å². The Bertz CT molecular complexity index is 627. The van der Waals surface area contributed by atoms with Gasteiger partial charge in [0.15, 0.2) is 0 Å². The van der Waals surface area contributed by atoms with Crippen LogP contribution in [-0.4, -0.2) is 10.1 Å². The lowest BCUT2D eigenvalue weighted by Gasteiger charge is -2.23. The molecule has 112 valence electrons. The van der Waals surface area contributed by atoms with E-state index in [4.69, 9.17) is 4.74 Å². The summed E-state index contributed by atoms with van der Waals surface area (Å²) in [6.45, 7) is 10.2. The largest absolute Gasteiger partial charge is 0.439 e. The first kappa shape index (κ1) is 15.5. The Kier molecular flexibility index (Phi) is 4.33. The van der Waals surface area contributed by atoms with E-state index in [2.05, 4.69) is 37.9 Å². The fraction of sp³-hybridized carbons (Fsp3) is 0.389. The Balaban J connectivity index is 2.39. The third kappa shape index (κ3) is 3.82. The van der Waals surface area contributed by atoms with Crippen LogP contribution in [0.4, 0.5) is 0 Å². The van der Waals surface area contributed by atoms with Gasteiger partial charge in [0.25, 0.3) is 0 Å². The van der Waals surface area contributed by atoms with Gasteiger partial charge in [-0.25, -0.2) is 4.98 Å². The summed E-state index contributed by atoms with van der Waals surface area (Å²) in [7, 11) is 0. The van der Waals surface area contributed by atoms with Gasteiger partial charge in [-0.15, -0.1) is 0 Å². The Hall–Kier alpha value is -1.87. The zero-order chi connectivity index (χ0) is 15.6. The molecule has 1 N–H and O–H groups in total. The van der Waals surface area contributed by atoms with E-state index in [9.17, 15) is 5.11 Å². The summed E-state index contributed by atoms with van der Waals surface area (Å²) in [5, 5.41) is 9.66. The van der Waals surface area contributed by atoms with Crippen molar-refractivity contribution >= 4 is 0 Å². The van der Waals surface area contributed by atoms with Crippen molar-refractivity contribution < 1.29 is 9.84 Å². The Morgan fingerprint density at radius 3 is 2.48 bits per heavy atom. The van der Waals surface area contributed by atoms with Crippen molar-refractivity contribution in [3.63, 3.8) is 0 Å². The molecule has 21 heavy (non-hydrogen) atoms. The van der Waals surface area contributed by atoms with Crippen LogP contribution >= 0.6 is 0 Å². The lowest BCUT2D eigenvalue weighted by molar-refractivity contribution is 0.198. The number of hydrogen-bond donors (Lipinski definition) is 1. The molecule has 0 saturated heterocycles. The highest BCUT2D eigenvalue weighted by atomic mass is 16.5. The minimum Gasteiger partial charge on any atom is -0.439 e. The monoisotopic (exact) mass is 285 g/mol. The first-order chi connectivity index (χ1) is 9.77. The smallest absolute Gasteiger partial charge is 0.219 e. The fourth-order valence-electron chi connectivity index (χ4n) is 2.19. The van der Waals surface area contributed by atoms with Gasteiger partial charge in [0.05, 0.1) is 6.10 Å². The van der Waals surface area contributed by atoms with Gasteiger partial charge in [0.1, 0.15) is 5.75 Å². The molecule has 1 heterocycles. The van der Waals surface area contributed by atoms with E-state index in [0.29, 0.717) is 5.88 Å². The second-order valence-corrected chi connectivity index (χ2v) is 6.46. The van der Waals surface area contributed by atoms with Crippen LogP contribution in [0, 0.1) is 6.92 Å². The van der Waals surface area contributed by atoms with Crippen molar-refractivity contribution in [1.29, 1.82) is 0 Å². The lowest BCUT2D eigenvalue weighted by atomic mass is 9.86. The number of rotatable bonds is 3. The highest BCUT2D eigenvalue weighted by Gasteiger charge is 2.19. The van der Waals surface area contributed by atoms with Crippen molar-refractivity contribution in [3.8, 4) is 11.6 Å². The molecule has 3 nitrogen and oxygen atoms in total. The summed E-state index contributed by atoms with van der Waals surface area (Å²) >= 11 is 0. The number of ether oxygens (including phenoxy) is 1. The van der Waals surface area contributed by atoms with Gasteiger partial charge < -0.3 is 9.84 Å². The first-order valence-electron chi connectivity index (χ1n) is 7.20. The molecular formula is C18H23NO2. The van der Waals surface area contributed by atoms with E-state index in [1.807, 2.05) is 13.0 Å². The van der Waals surface area contributed by atoms with Gasteiger partial charge in [-0.2, -0.15) is 0 Å². The lowest BCUT2D eigenvalue weighted by Crippen LogP contribution is -2.12. The number of benzene rings is 1. The average Bonchev–Trinajstić information content (AvgIpc) is 2.37. The number of hydrogen-bond acceptors (Lipinski definition) is 3. The van der Waals surface area contributed by atoms with Crippen LogP contribution in [0.3, 0.4) is 0 Å². The van der Waals surface area contributed by atoms with Crippen molar-refractivity contribution in [3.05, 3.63) is 53.2 Å². The van der Waals surface area contributed by atoms with Crippen LogP contribution < -0.4 is 4.74 Å². The third-order valence-corrected chi connectivity index (χ3v) is 3.40. The van der Waals surface area contributed by atoms with Crippen LogP contribution in [-0.2, 0) is 5.41 Å². The number of pyridine rings is 1. The van der Waals surface area contributed by atoms with Crippen molar-refractivity contribution in [2.24, 2.45) is 0 Å². The summed E-state index contributed by atoms with van der Waals surface area (Å²) in [6.07, 6.45) is 1.12. The van der Waals surface area contributed by atoms with Crippen LogP contribution in [0.1, 0.15) is 50.5 Å². The van der Waals surface area contributed by atoms with E-state index >= 15 is 0 Å². The molecule has 0 saturated carbocycles. The zero-order valence-electron chi connectivity index (χ0n) is 13.3. The maximum absolute atomic E-state index is 9.66. The molecule has 0 aliphatic carbocycles. The maximum atomic E-state index is 9.66. The van der Waals surface area contributed by atoms with E-state index in [0.717, 1.165) is 22.4 Å². The van der Waals surface area contributed by atoms with Gasteiger partial charge >= 0.3 is 0 Å². The Morgan fingerprint density at radius 2 is 1.86 bits per heavy atom. The average molecular weight is 285 g/mol. The number of aliphatic hydroxyl groups excluding tert-OH is 1. The SMILES string of the molecule is Cc1ccc(C(C)(C)C)c(Oc2cc([C@H](C)O)ccn2)c1. The fourth-order valence-corrected chi connectivity index (χ4v) is 2.19. The van der Waals surface area contributed by atoms with Crippen LogP contribution in [0.2, 0.25) is 0 Å². The number of aromatic nitrogens is 1. The van der Waals surface area contributed by atoms with Gasteiger partial charge in [0, 0.05) is 17.8 Å². The van der Waals surface area contributed by atoms with Gasteiger partial charge in [-0.3, -0.25) is 0 Å². The van der Waals surface area contributed by atoms with Crippen LogP contribution in [0.15, 0.2) is 36.5 Å². The zero-order valence-corrected chi connectivity index (χ0v) is 13.3. The molecule has 0 bridgehead atoms. The molecule has 0 aliphatic heterocycles. The molecule has 0 spiro atoms. The predicted octanol–water partition coefficient (Wildman–Crippen LogP) is 4.53. The van der Waals surface area contributed by atoms with E-state index in [1.165, 1.54) is 0 Å². The van der Waals surface area contributed by atoms with Crippen molar-refractivity contribution in [2.75, 3.05) is 0 Å². The molecule has 0 unspecified atom stereocenters. The third-order valence-electron chi connectivity index (χ3n) is 3.40. The molecule has 0 radical (unpaired) electrons. The van der Waals surface area contributed by atoms with E-state index < -0.39 is 6.10 Å². The maximum Gasteiger partial charge on any atom is 0.219 e. The molecule has 2 rings (SSSR count). The molecule has 1 aromatic carbocycles. The number of nitrogens with zero attached hydrogens (tertiary/aromatic N) is 1. The van der Waals surface area contributed by atoms with Gasteiger partial charge in [-0.1, -0.05) is 32.9 Å². The normalized spacial score (nSPS) is 13.0. The summed E-state index contributed by atoms with van der Waals surface area (Å²) in [5.41, 5.74) is 3.07. The topological polar surface area (TPSA) is 42.4 Å². The van der Waals surface area contributed by atoms with Crippen LogP contribution in [0.5, 0.6) is 11.6 Å². The molecule has 0 amide bonds. The summed E-state index contributed by atoms with van der Waals surface area (Å²) in [5.74, 6) is 1.32. The second kappa shape index (κ2) is 5.86. The molecule has 1 aromatic heterocycles. The Labute approximate surface area is 126 Å². The molecule has 1 atom stereocenters. The second-order valence-electron chi connectivity index (χ2n) is 6.46. The van der Waals surface area contributed by atoms with Crippen molar-refractivity contribution in [1.82, 2.24) is 4.98 Å². The molecule has 0 aliphatic rings. The minimum atomic E-state index is -0.532. The van der Waals surface area contributed by atoms with Crippen molar-refractivity contribution in [2.45, 2.75) is 46.1 Å². The quantitative estimate of drug-likeness (QED) is 0.900. The standard InChI is InChI=1S/C18H23NO2/c1-12-6-7-15(18(3,4)5)16(10-12)21-17-11-14(13(2)20)8-9-19-17/h6-11,13,20H,1-5H3/t13-/m0/s1.